The lowest BCUT2D eigenvalue weighted by Gasteiger charge is -2.35. The maximum Gasteiger partial charge on any atom is 0.261 e. The van der Waals surface area contributed by atoms with E-state index < -0.39 is 18.5 Å². The van der Waals surface area contributed by atoms with Crippen molar-refractivity contribution in [3.63, 3.8) is 0 Å². The molecule has 10 heteroatoms. The van der Waals surface area contributed by atoms with Gasteiger partial charge in [0.2, 0.25) is 0 Å². The van der Waals surface area contributed by atoms with Crippen LogP contribution in [0.25, 0.3) is 10.9 Å². The third kappa shape index (κ3) is 4.02. The number of aromatic nitrogens is 4. The van der Waals surface area contributed by atoms with Gasteiger partial charge in [-0.25, -0.2) is 13.8 Å². The molecule has 0 unspecified atom stereocenters. The average molecular weight is 406 g/mol. The Morgan fingerprint density at radius 3 is 2.64 bits per heavy atom. The molecule has 1 aromatic carbocycles. The van der Waals surface area contributed by atoms with Crippen molar-refractivity contribution in [1.82, 2.24) is 24.6 Å². The topological polar surface area (TPSA) is 67.2 Å². The average Bonchev–Trinajstić information content (AvgIpc) is 3.09. The van der Waals surface area contributed by atoms with E-state index in [1.807, 2.05) is 19.1 Å². The van der Waals surface area contributed by atoms with Crippen LogP contribution in [0.1, 0.15) is 10.0 Å². The zero-order valence-corrected chi connectivity index (χ0v) is 16.2. The molecule has 0 aliphatic carbocycles. The van der Waals surface area contributed by atoms with Crippen molar-refractivity contribution in [3.05, 3.63) is 44.9 Å². The van der Waals surface area contributed by atoms with Crippen LogP contribution in [0.3, 0.4) is 0 Å². The molecule has 0 amide bonds. The fraction of sp³-hybridized carbons (Fsp3) is 0.444. The highest BCUT2D eigenvalue weighted by Crippen LogP contribution is 2.21. The SMILES string of the molecule is Cc1nnc(CN2CCN(c3ccc4c(=O)n(CC(F)F)cnc4c3)CC2)s1. The largest absolute Gasteiger partial charge is 0.369 e. The minimum atomic E-state index is -2.59. The number of anilines is 1. The van der Waals surface area contributed by atoms with Crippen molar-refractivity contribution in [2.45, 2.75) is 26.4 Å². The van der Waals surface area contributed by atoms with E-state index in [1.54, 1.807) is 17.4 Å². The molecule has 28 heavy (non-hydrogen) atoms. The van der Waals surface area contributed by atoms with Crippen molar-refractivity contribution < 1.29 is 8.78 Å². The number of rotatable bonds is 5. The molecule has 0 spiro atoms. The molecule has 1 fully saturated rings. The second-order valence-corrected chi connectivity index (χ2v) is 8.04. The summed E-state index contributed by atoms with van der Waals surface area (Å²) in [6, 6.07) is 5.40. The van der Waals surface area contributed by atoms with E-state index in [4.69, 9.17) is 0 Å². The fourth-order valence-corrected chi connectivity index (χ4v) is 4.13. The van der Waals surface area contributed by atoms with Gasteiger partial charge in [0.25, 0.3) is 12.0 Å². The minimum Gasteiger partial charge on any atom is -0.369 e. The molecule has 148 valence electrons. The molecule has 3 heterocycles. The number of halogens is 2. The molecule has 7 nitrogen and oxygen atoms in total. The van der Waals surface area contributed by atoms with E-state index in [9.17, 15) is 13.6 Å². The van der Waals surface area contributed by atoms with E-state index in [0.29, 0.717) is 10.9 Å². The number of alkyl halides is 2. The van der Waals surface area contributed by atoms with Gasteiger partial charge in [0.1, 0.15) is 10.0 Å². The smallest absolute Gasteiger partial charge is 0.261 e. The molecule has 0 atom stereocenters. The molecule has 0 N–H and O–H groups in total. The molecule has 1 aliphatic rings. The lowest BCUT2D eigenvalue weighted by Crippen LogP contribution is -2.46. The maximum absolute atomic E-state index is 12.6. The summed E-state index contributed by atoms with van der Waals surface area (Å²) in [5, 5.41) is 10.6. The predicted molar refractivity (Wildman–Crippen MR) is 104 cm³/mol. The van der Waals surface area contributed by atoms with Gasteiger partial charge in [0.15, 0.2) is 0 Å². The van der Waals surface area contributed by atoms with Crippen LogP contribution in [0, 0.1) is 6.92 Å². The van der Waals surface area contributed by atoms with E-state index in [0.717, 1.165) is 53.0 Å². The monoisotopic (exact) mass is 406 g/mol. The second kappa shape index (κ2) is 7.88. The third-order valence-electron chi connectivity index (χ3n) is 4.81. The third-order valence-corrected chi connectivity index (χ3v) is 5.63. The highest BCUT2D eigenvalue weighted by molar-refractivity contribution is 7.11. The number of fused-ring (bicyclic) bond motifs is 1. The van der Waals surface area contributed by atoms with Crippen molar-refractivity contribution in [2.75, 3.05) is 31.1 Å². The number of hydrogen-bond acceptors (Lipinski definition) is 7. The van der Waals surface area contributed by atoms with Gasteiger partial charge in [-0.15, -0.1) is 21.5 Å². The van der Waals surface area contributed by atoms with Crippen LogP contribution in [-0.2, 0) is 13.1 Å². The lowest BCUT2D eigenvalue weighted by atomic mass is 10.2. The summed E-state index contributed by atoms with van der Waals surface area (Å²) in [6.07, 6.45) is -1.39. The lowest BCUT2D eigenvalue weighted by molar-refractivity contribution is 0.125. The molecule has 4 rings (SSSR count). The van der Waals surface area contributed by atoms with Gasteiger partial charge in [0.05, 0.1) is 30.3 Å². The van der Waals surface area contributed by atoms with Crippen LogP contribution in [-0.4, -0.2) is 57.3 Å². The van der Waals surface area contributed by atoms with Gasteiger partial charge in [-0.05, 0) is 25.1 Å². The van der Waals surface area contributed by atoms with Gasteiger partial charge in [-0.2, -0.15) is 0 Å². The van der Waals surface area contributed by atoms with Crippen LogP contribution in [0.5, 0.6) is 0 Å². The van der Waals surface area contributed by atoms with Gasteiger partial charge in [-0.1, -0.05) is 0 Å². The summed E-state index contributed by atoms with van der Waals surface area (Å²) in [6.45, 7) is 5.63. The van der Waals surface area contributed by atoms with Gasteiger partial charge in [-0.3, -0.25) is 14.3 Å². The Morgan fingerprint density at radius 2 is 1.96 bits per heavy atom. The Morgan fingerprint density at radius 1 is 1.18 bits per heavy atom. The molecular formula is C18H20F2N6OS. The Bertz CT molecular complexity index is 1030. The van der Waals surface area contributed by atoms with Crippen LogP contribution >= 0.6 is 11.3 Å². The van der Waals surface area contributed by atoms with Crippen molar-refractivity contribution in [3.8, 4) is 0 Å². The summed E-state index contributed by atoms with van der Waals surface area (Å²) in [5.41, 5.74) is 1.08. The van der Waals surface area contributed by atoms with Crippen molar-refractivity contribution in [1.29, 1.82) is 0 Å². The number of benzene rings is 1. The van der Waals surface area contributed by atoms with Crippen LogP contribution in [0.15, 0.2) is 29.3 Å². The van der Waals surface area contributed by atoms with E-state index in [2.05, 4.69) is 25.0 Å². The van der Waals surface area contributed by atoms with E-state index in [1.165, 1.54) is 6.33 Å². The zero-order valence-electron chi connectivity index (χ0n) is 15.4. The first-order valence-electron chi connectivity index (χ1n) is 9.03. The Balaban J connectivity index is 1.45. The highest BCUT2D eigenvalue weighted by Gasteiger charge is 2.19. The first-order chi connectivity index (χ1) is 13.5. The van der Waals surface area contributed by atoms with E-state index >= 15 is 0 Å². The van der Waals surface area contributed by atoms with Crippen molar-refractivity contribution in [2.24, 2.45) is 0 Å². The highest BCUT2D eigenvalue weighted by atomic mass is 32.1. The normalized spacial score (nSPS) is 15.6. The second-order valence-electron chi connectivity index (χ2n) is 6.77. The Kier molecular flexibility index (Phi) is 5.31. The molecule has 1 saturated heterocycles. The standard InChI is InChI=1S/C18H20F2N6OS/c1-12-22-23-17(28-12)10-24-4-6-25(7-5-24)13-2-3-14-15(8-13)21-11-26(18(14)27)9-16(19)20/h2-3,8,11,16H,4-7,9-10H2,1H3. The summed E-state index contributed by atoms with van der Waals surface area (Å²) in [4.78, 5) is 21.1. The summed E-state index contributed by atoms with van der Waals surface area (Å²) >= 11 is 1.62. The fourth-order valence-electron chi connectivity index (χ4n) is 3.38. The van der Waals surface area contributed by atoms with Crippen LogP contribution in [0.2, 0.25) is 0 Å². The summed E-state index contributed by atoms with van der Waals surface area (Å²) in [5.74, 6) is 0. The number of nitrogens with zero attached hydrogens (tertiary/aromatic N) is 6. The van der Waals surface area contributed by atoms with Gasteiger partial charge >= 0.3 is 0 Å². The predicted octanol–water partition coefficient (Wildman–Crippen LogP) is 2.14. The molecule has 1 aliphatic heterocycles. The molecule has 0 radical (unpaired) electrons. The molecule has 2 aromatic heterocycles. The Labute approximate surface area is 164 Å². The van der Waals surface area contributed by atoms with Gasteiger partial charge in [0, 0.05) is 31.9 Å². The molecule has 0 saturated carbocycles. The van der Waals surface area contributed by atoms with Crippen LogP contribution in [0.4, 0.5) is 14.5 Å². The first kappa shape index (κ1) is 18.9. The Hall–Kier alpha value is -2.46. The minimum absolute atomic E-state index is 0.358. The van der Waals surface area contributed by atoms with Gasteiger partial charge < -0.3 is 4.90 Å². The maximum atomic E-state index is 12.6. The van der Waals surface area contributed by atoms with E-state index in [-0.39, 0.29) is 0 Å². The molecular weight excluding hydrogens is 386 g/mol. The summed E-state index contributed by atoms with van der Waals surface area (Å²) in [7, 11) is 0. The summed E-state index contributed by atoms with van der Waals surface area (Å²) < 4.78 is 26.1. The first-order valence-corrected chi connectivity index (χ1v) is 9.85. The van der Waals surface area contributed by atoms with Crippen LogP contribution < -0.4 is 10.5 Å². The molecule has 3 aromatic rings. The van der Waals surface area contributed by atoms with Crippen molar-refractivity contribution >= 4 is 27.9 Å². The quantitative estimate of drug-likeness (QED) is 0.647. The number of hydrogen-bond donors (Lipinski definition) is 0. The zero-order chi connectivity index (χ0) is 19.7. The number of aryl methyl sites for hydroxylation is 1. The molecule has 0 bridgehead atoms. The number of piperazine rings is 1.